The van der Waals surface area contributed by atoms with Crippen LogP contribution in [0.25, 0.3) is 16.9 Å². The van der Waals surface area contributed by atoms with Crippen molar-refractivity contribution in [2.24, 2.45) is 0 Å². The van der Waals surface area contributed by atoms with Gasteiger partial charge in [0.25, 0.3) is 0 Å². The lowest BCUT2D eigenvalue weighted by molar-refractivity contribution is 0.281. The summed E-state index contributed by atoms with van der Waals surface area (Å²) in [6.07, 6.45) is 4.03. The smallest absolute Gasteiger partial charge is 0.139 e. The SMILES string of the molecule is COc1cc(CO)c(-c2cn3ccc(N4CCNCC4)cc3n2)cc1Br. The number of piperazine rings is 1. The van der Waals surface area contributed by atoms with Crippen LogP contribution in [-0.2, 0) is 6.61 Å². The Balaban J connectivity index is 1.74. The second-order valence-electron chi connectivity index (χ2n) is 6.32. The van der Waals surface area contributed by atoms with Gasteiger partial charge in [-0.05, 0) is 39.7 Å². The molecule has 0 spiro atoms. The van der Waals surface area contributed by atoms with Gasteiger partial charge < -0.3 is 24.5 Å². The van der Waals surface area contributed by atoms with Gasteiger partial charge in [-0.2, -0.15) is 0 Å². The predicted octanol–water partition coefficient (Wildman–Crippen LogP) is 2.67. The largest absolute Gasteiger partial charge is 0.496 e. The molecule has 2 aromatic heterocycles. The Morgan fingerprint density at radius 3 is 2.81 bits per heavy atom. The van der Waals surface area contributed by atoms with Crippen LogP contribution in [0.1, 0.15) is 5.56 Å². The van der Waals surface area contributed by atoms with Crippen molar-refractivity contribution in [2.75, 3.05) is 38.2 Å². The van der Waals surface area contributed by atoms with E-state index in [1.165, 1.54) is 5.69 Å². The number of benzene rings is 1. The Kier molecular flexibility index (Phi) is 4.84. The Morgan fingerprint density at radius 2 is 2.08 bits per heavy atom. The second kappa shape index (κ2) is 7.26. The predicted molar refractivity (Wildman–Crippen MR) is 106 cm³/mol. The molecule has 1 aliphatic rings. The molecule has 2 N–H and O–H groups in total. The van der Waals surface area contributed by atoms with Gasteiger partial charge in [0.2, 0.25) is 0 Å². The maximum atomic E-state index is 9.76. The van der Waals surface area contributed by atoms with Gasteiger partial charge in [0.15, 0.2) is 0 Å². The first-order valence-electron chi connectivity index (χ1n) is 8.61. The first-order chi connectivity index (χ1) is 12.7. The molecule has 3 aromatic rings. The lowest BCUT2D eigenvalue weighted by Crippen LogP contribution is -2.43. The van der Waals surface area contributed by atoms with Crippen molar-refractivity contribution in [1.29, 1.82) is 0 Å². The minimum atomic E-state index is -0.0706. The van der Waals surface area contributed by atoms with Crippen molar-refractivity contribution in [3.8, 4) is 17.0 Å². The van der Waals surface area contributed by atoms with Gasteiger partial charge >= 0.3 is 0 Å². The highest BCUT2D eigenvalue weighted by Crippen LogP contribution is 2.34. The number of nitrogens with one attached hydrogen (secondary N) is 1. The first kappa shape index (κ1) is 17.3. The van der Waals surface area contributed by atoms with Crippen LogP contribution in [0.4, 0.5) is 5.69 Å². The van der Waals surface area contributed by atoms with Crippen LogP contribution in [0.15, 0.2) is 41.1 Å². The van der Waals surface area contributed by atoms with Gasteiger partial charge in [0, 0.05) is 55.9 Å². The van der Waals surface area contributed by atoms with Crippen molar-refractivity contribution in [3.05, 3.63) is 46.7 Å². The number of hydrogen-bond donors (Lipinski definition) is 2. The highest BCUT2D eigenvalue weighted by atomic mass is 79.9. The Morgan fingerprint density at radius 1 is 1.27 bits per heavy atom. The second-order valence-corrected chi connectivity index (χ2v) is 7.17. The first-order valence-corrected chi connectivity index (χ1v) is 9.41. The van der Waals surface area contributed by atoms with E-state index in [2.05, 4.69) is 38.3 Å². The zero-order chi connectivity index (χ0) is 18.1. The molecule has 0 atom stereocenters. The molecule has 136 valence electrons. The summed E-state index contributed by atoms with van der Waals surface area (Å²) in [6.45, 7) is 3.95. The van der Waals surface area contributed by atoms with E-state index < -0.39 is 0 Å². The number of methoxy groups -OCH3 is 1. The van der Waals surface area contributed by atoms with E-state index in [0.29, 0.717) is 5.75 Å². The summed E-state index contributed by atoms with van der Waals surface area (Å²) in [5, 5.41) is 13.1. The molecule has 1 aromatic carbocycles. The van der Waals surface area contributed by atoms with Gasteiger partial charge in [-0.15, -0.1) is 0 Å². The lowest BCUT2D eigenvalue weighted by Gasteiger charge is -2.29. The molecule has 0 amide bonds. The van der Waals surface area contributed by atoms with Crippen molar-refractivity contribution in [1.82, 2.24) is 14.7 Å². The number of aliphatic hydroxyl groups excluding tert-OH is 1. The summed E-state index contributed by atoms with van der Waals surface area (Å²) in [6, 6.07) is 8.03. The average Bonchev–Trinajstić information content (AvgIpc) is 3.11. The fraction of sp³-hybridized carbons (Fsp3) is 0.316. The number of nitrogens with zero attached hydrogens (tertiary/aromatic N) is 3. The molecule has 7 heteroatoms. The minimum absolute atomic E-state index is 0.0706. The van der Waals surface area contributed by atoms with Gasteiger partial charge in [0.05, 0.1) is 23.9 Å². The Bertz CT molecular complexity index is 935. The summed E-state index contributed by atoms with van der Waals surface area (Å²) < 4.78 is 8.18. The molecule has 4 rings (SSSR count). The van der Waals surface area contributed by atoms with Crippen LogP contribution in [0, 0.1) is 0 Å². The van der Waals surface area contributed by atoms with E-state index >= 15 is 0 Å². The molecule has 0 radical (unpaired) electrons. The van der Waals surface area contributed by atoms with Crippen LogP contribution >= 0.6 is 15.9 Å². The highest BCUT2D eigenvalue weighted by molar-refractivity contribution is 9.10. The van der Waals surface area contributed by atoms with Crippen LogP contribution in [0.3, 0.4) is 0 Å². The molecule has 1 aliphatic heterocycles. The fourth-order valence-corrected chi connectivity index (χ4v) is 3.85. The van der Waals surface area contributed by atoms with Gasteiger partial charge in [-0.1, -0.05) is 0 Å². The normalized spacial score (nSPS) is 14.8. The maximum Gasteiger partial charge on any atom is 0.139 e. The molecule has 0 bridgehead atoms. The molecular formula is C19H21BrN4O2. The number of halogens is 1. The van der Waals surface area contributed by atoms with E-state index in [9.17, 15) is 5.11 Å². The van der Waals surface area contributed by atoms with Crippen molar-refractivity contribution >= 4 is 27.3 Å². The van der Waals surface area contributed by atoms with E-state index in [4.69, 9.17) is 9.72 Å². The van der Waals surface area contributed by atoms with E-state index in [0.717, 1.165) is 53.1 Å². The zero-order valence-corrected chi connectivity index (χ0v) is 16.2. The van der Waals surface area contributed by atoms with Crippen LogP contribution < -0.4 is 15.0 Å². The minimum Gasteiger partial charge on any atom is -0.496 e. The van der Waals surface area contributed by atoms with Crippen LogP contribution in [0.5, 0.6) is 5.75 Å². The van der Waals surface area contributed by atoms with Crippen LogP contribution in [-0.4, -0.2) is 47.8 Å². The summed E-state index contributed by atoms with van der Waals surface area (Å²) in [5.41, 5.74) is 4.60. The Labute approximate surface area is 160 Å². The van der Waals surface area contributed by atoms with Gasteiger partial charge in [-0.3, -0.25) is 0 Å². The fourth-order valence-electron chi connectivity index (χ4n) is 3.34. The number of hydrogen-bond acceptors (Lipinski definition) is 5. The van der Waals surface area contributed by atoms with Crippen molar-refractivity contribution in [2.45, 2.75) is 6.61 Å². The molecule has 0 aliphatic carbocycles. The number of anilines is 1. The average molecular weight is 417 g/mol. The van der Waals surface area contributed by atoms with E-state index in [1.807, 2.05) is 28.9 Å². The molecular weight excluding hydrogens is 396 g/mol. The number of aliphatic hydroxyl groups is 1. The monoisotopic (exact) mass is 416 g/mol. The van der Waals surface area contributed by atoms with Gasteiger partial charge in [-0.25, -0.2) is 4.98 Å². The molecule has 0 unspecified atom stereocenters. The quantitative estimate of drug-likeness (QED) is 0.684. The molecule has 1 fully saturated rings. The third-order valence-corrected chi connectivity index (χ3v) is 5.37. The standard InChI is InChI=1S/C19H21BrN4O2/c1-26-18-8-13(12-25)15(10-16(18)20)17-11-24-5-2-14(9-19(24)22-17)23-6-3-21-4-7-23/h2,5,8-11,21,25H,3-4,6-7,12H2,1H3. The number of rotatable bonds is 4. The van der Waals surface area contributed by atoms with Gasteiger partial charge in [0.1, 0.15) is 11.4 Å². The summed E-state index contributed by atoms with van der Waals surface area (Å²) >= 11 is 3.52. The number of aromatic nitrogens is 2. The topological polar surface area (TPSA) is 62.0 Å². The third kappa shape index (κ3) is 3.18. The maximum absolute atomic E-state index is 9.76. The Hall–Kier alpha value is -2.09. The van der Waals surface area contributed by atoms with Crippen LogP contribution in [0.2, 0.25) is 0 Å². The summed E-state index contributed by atoms with van der Waals surface area (Å²) in [7, 11) is 1.61. The summed E-state index contributed by atoms with van der Waals surface area (Å²) in [5.74, 6) is 0.697. The number of pyridine rings is 1. The van der Waals surface area contributed by atoms with Crippen molar-refractivity contribution in [3.63, 3.8) is 0 Å². The molecule has 6 nitrogen and oxygen atoms in total. The number of fused-ring (bicyclic) bond motifs is 1. The van der Waals surface area contributed by atoms with E-state index in [1.54, 1.807) is 7.11 Å². The third-order valence-electron chi connectivity index (χ3n) is 4.75. The van der Waals surface area contributed by atoms with Crippen molar-refractivity contribution < 1.29 is 9.84 Å². The molecule has 3 heterocycles. The number of imidazole rings is 1. The zero-order valence-electron chi connectivity index (χ0n) is 14.6. The molecule has 26 heavy (non-hydrogen) atoms. The number of ether oxygens (including phenoxy) is 1. The van der Waals surface area contributed by atoms with E-state index in [-0.39, 0.29) is 6.61 Å². The lowest BCUT2D eigenvalue weighted by atomic mass is 10.1. The summed E-state index contributed by atoms with van der Waals surface area (Å²) in [4.78, 5) is 7.16. The molecule has 1 saturated heterocycles. The molecule has 0 saturated carbocycles. The highest BCUT2D eigenvalue weighted by Gasteiger charge is 2.15.